The number of hydrogen-bond donors (Lipinski definition) is 2. The molecule has 1 unspecified atom stereocenters. The highest BCUT2D eigenvalue weighted by Crippen LogP contribution is 2.40. The summed E-state index contributed by atoms with van der Waals surface area (Å²) >= 11 is 0. The average Bonchev–Trinajstić information content (AvgIpc) is 2.57. The minimum Gasteiger partial charge on any atom is -0.399 e. The average molecular weight is 322 g/mol. The molecule has 0 heterocycles. The van der Waals surface area contributed by atoms with Crippen molar-refractivity contribution in [2.75, 3.05) is 5.73 Å². The number of aryl methyl sites for hydroxylation is 1. The van der Waals surface area contributed by atoms with Crippen molar-refractivity contribution in [3.05, 3.63) is 76.5 Å². The predicted octanol–water partition coefficient (Wildman–Crippen LogP) is 4.51. The Morgan fingerprint density at radius 3 is 2.54 bits per heavy atom. The van der Waals surface area contributed by atoms with Gasteiger partial charge < -0.3 is 10.8 Å². The highest BCUT2D eigenvalue weighted by Gasteiger charge is 2.37. The quantitative estimate of drug-likeness (QED) is 0.628. The second-order valence-corrected chi connectivity index (χ2v) is 5.98. The number of nitrogen functional groups attached to an aromatic ring is 1. The predicted molar refractivity (Wildman–Crippen MR) is 102 cm³/mol. The first-order valence-electron chi connectivity index (χ1n) is 8.29. The Labute approximate surface area is 144 Å². The Balaban J connectivity index is 2.79. The molecule has 24 heavy (non-hydrogen) atoms. The summed E-state index contributed by atoms with van der Waals surface area (Å²) in [5.41, 5.74) is 9.58. The maximum absolute atomic E-state index is 11.8. The SMILES string of the molecule is C/C=C(\N=CCC)C(O)(c1cccc(N)c1)c1cccc(C)c1C. The summed E-state index contributed by atoms with van der Waals surface area (Å²) in [6.07, 6.45) is 4.48. The number of rotatable bonds is 5. The molecule has 3 nitrogen and oxygen atoms in total. The lowest BCUT2D eigenvalue weighted by Gasteiger charge is -2.32. The lowest BCUT2D eigenvalue weighted by molar-refractivity contribution is 0.119. The van der Waals surface area contributed by atoms with E-state index in [1.165, 1.54) is 0 Å². The first kappa shape index (κ1) is 18.0. The van der Waals surface area contributed by atoms with Crippen LogP contribution >= 0.6 is 0 Å². The van der Waals surface area contributed by atoms with E-state index in [4.69, 9.17) is 5.73 Å². The molecule has 0 amide bonds. The minimum atomic E-state index is -1.34. The summed E-state index contributed by atoms with van der Waals surface area (Å²) in [7, 11) is 0. The second kappa shape index (κ2) is 7.45. The van der Waals surface area contributed by atoms with Crippen LogP contribution in [0.25, 0.3) is 0 Å². The van der Waals surface area contributed by atoms with Gasteiger partial charge in [0.05, 0.1) is 5.70 Å². The van der Waals surface area contributed by atoms with Gasteiger partial charge in [0.1, 0.15) is 0 Å². The number of allylic oxidation sites excluding steroid dienone is 1. The zero-order valence-electron chi connectivity index (χ0n) is 14.9. The zero-order valence-corrected chi connectivity index (χ0v) is 14.9. The highest BCUT2D eigenvalue weighted by molar-refractivity contribution is 5.61. The molecular formula is C21H26N2O. The van der Waals surface area contributed by atoms with Gasteiger partial charge in [-0.25, -0.2) is 0 Å². The smallest absolute Gasteiger partial charge is 0.157 e. The van der Waals surface area contributed by atoms with Crippen LogP contribution in [0.1, 0.15) is 42.5 Å². The van der Waals surface area contributed by atoms with Gasteiger partial charge in [0.15, 0.2) is 5.60 Å². The van der Waals surface area contributed by atoms with Gasteiger partial charge in [-0.1, -0.05) is 43.3 Å². The van der Waals surface area contributed by atoms with Crippen LogP contribution in [0.2, 0.25) is 0 Å². The Morgan fingerprint density at radius 2 is 1.92 bits per heavy atom. The van der Waals surface area contributed by atoms with E-state index < -0.39 is 5.60 Å². The Hall–Kier alpha value is -2.39. The molecule has 2 aromatic rings. The van der Waals surface area contributed by atoms with E-state index >= 15 is 0 Å². The number of aliphatic imine (C=N–C) groups is 1. The summed E-state index contributed by atoms with van der Waals surface area (Å²) in [5, 5.41) is 11.8. The van der Waals surface area contributed by atoms with Crippen LogP contribution in [-0.4, -0.2) is 11.3 Å². The van der Waals surface area contributed by atoms with E-state index in [0.717, 1.165) is 28.7 Å². The van der Waals surface area contributed by atoms with Crippen molar-refractivity contribution in [1.29, 1.82) is 0 Å². The number of nitrogens with zero attached hydrogens (tertiary/aromatic N) is 1. The first-order chi connectivity index (χ1) is 11.4. The lowest BCUT2D eigenvalue weighted by atomic mass is 9.80. The third-order valence-corrected chi connectivity index (χ3v) is 4.36. The van der Waals surface area contributed by atoms with Gasteiger partial charge in [0.2, 0.25) is 0 Å². The summed E-state index contributed by atoms with van der Waals surface area (Å²) in [6.45, 7) is 7.99. The first-order valence-corrected chi connectivity index (χ1v) is 8.29. The molecule has 0 spiro atoms. The van der Waals surface area contributed by atoms with Gasteiger partial charge in [-0.3, -0.25) is 4.99 Å². The summed E-state index contributed by atoms with van der Waals surface area (Å²) in [6, 6.07) is 13.3. The third-order valence-electron chi connectivity index (χ3n) is 4.36. The molecule has 0 aliphatic carbocycles. The van der Waals surface area contributed by atoms with Gasteiger partial charge in [-0.2, -0.15) is 0 Å². The highest BCUT2D eigenvalue weighted by atomic mass is 16.3. The van der Waals surface area contributed by atoms with E-state index in [-0.39, 0.29) is 0 Å². The molecule has 0 radical (unpaired) electrons. The fourth-order valence-electron chi connectivity index (χ4n) is 2.91. The van der Waals surface area contributed by atoms with Crippen molar-refractivity contribution in [1.82, 2.24) is 0 Å². The number of nitrogens with two attached hydrogens (primary N) is 1. The molecule has 0 aliphatic rings. The van der Waals surface area contributed by atoms with E-state index in [1.807, 2.05) is 82.5 Å². The van der Waals surface area contributed by atoms with Crippen molar-refractivity contribution in [3.63, 3.8) is 0 Å². The molecule has 0 saturated heterocycles. The second-order valence-electron chi connectivity index (χ2n) is 5.98. The molecule has 0 saturated carbocycles. The summed E-state index contributed by atoms with van der Waals surface area (Å²) in [4.78, 5) is 4.53. The number of anilines is 1. The Bertz CT molecular complexity index is 777. The molecule has 0 bridgehead atoms. The van der Waals surface area contributed by atoms with Crippen LogP contribution in [0.5, 0.6) is 0 Å². The molecule has 2 rings (SSSR count). The van der Waals surface area contributed by atoms with Crippen LogP contribution in [0.3, 0.4) is 0 Å². The van der Waals surface area contributed by atoms with Crippen LogP contribution in [0.15, 0.2) is 59.2 Å². The number of aliphatic hydroxyl groups is 1. The molecule has 3 N–H and O–H groups in total. The minimum absolute atomic E-state index is 0.601. The Kier molecular flexibility index (Phi) is 5.58. The zero-order chi connectivity index (χ0) is 17.7. The van der Waals surface area contributed by atoms with Gasteiger partial charge >= 0.3 is 0 Å². The third kappa shape index (κ3) is 3.26. The fourth-order valence-corrected chi connectivity index (χ4v) is 2.91. The molecular weight excluding hydrogens is 296 g/mol. The summed E-state index contributed by atoms with van der Waals surface area (Å²) < 4.78 is 0. The van der Waals surface area contributed by atoms with Crippen LogP contribution < -0.4 is 5.73 Å². The van der Waals surface area contributed by atoms with Gasteiger partial charge in [-0.15, -0.1) is 0 Å². The van der Waals surface area contributed by atoms with E-state index in [9.17, 15) is 5.11 Å². The fraction of sp³-hybridized carbons (Fsp3) is 0.286. The van der Waals surface area contributed by atoms with Crippen molar-refractivity contribution in [3.8, 4) is 0 Å². The van der Waals surface area contributed by atoms with Crippen LogP contribution in [0, 0.1) is 13.8 Å². The summed E-state index contributed by atoms with van der Waals surface area (Å²) in [5.74, 6) is 0. The monoisotopic (exact) mass is 322 g/mol. The topological polar surface area (TPSA) is 58.6 Å². The van der Waals surface area contributed by atoms with Crippen molar-refractivity contribution < 1.29 is 5.11 Å². The van der Waals surface area contributed by atoms with Gasteiger partial charge in [-0.05, 0) is 61.6 Å². The van der Waals surface area contributed by atoms with E-state index in [2.05, 4.69) is 4.99 Å². The van der Waals surface area contributed by atoms with Gasteiger partial charge in [0, 0.05) is 11.9 Å². The molecule has 0 fully saturated rings. The van der Waals surface area contributed by atoms with Gasteiger partial charge in [0.25, 0.3) is 0 Å². The number of hydrogen-bond acceptors (Lipinski definition) is 3. The van der Waals surface area contributed by atoms with Crippen LogP contribution in [-0.2, 0) is 5.60 Å². The van der Waals surface area contributed by atoms with E-state index in [0.29, 0.717) is 11.4 Å². The molecule has 2 aromatic carbocycles. The number of benzene rings is 2. The van der Waals surface area contributed by atoms with Crippen LogP contribution in [0.4, 0.5) is 5.69 Å². The largest absolute Gasteiger partial charge is 0.399 e. The maximum atomic E-state index is 11.8. The molecule has 0 aliphatic heterocycles. The Morgan fingerprint density at radius 1 is 1.21 bits per heavy atom. The molecule has 126 valence electrons. The lowest BCUT2D eigenvalue weighted by Crippen LogP contribution is -2.30. The molecule has 1 atom stereocenters. The normalized spacial score (nSPS) is 14.8. The molecule has 3 heteroatoms. The molecule has 0 aromatic heterocycles. The van der Waals surface area contributed by atoms with E-state index in [1.54, 1.807) is 0 Å². The van der Waals surface area contributed by atoms with Crippen molar-refractivity contribution in [2.24, 2.45) is 4.99 Å². The van der Waals surface area contributed by atoms with Crippen molar-refractivity contribution in [2.45, 2.75) is 39.7 Å². The van der Waals surface area contributed by atoms with Crippen molar-refractivity contribution >= 4 is 11.9 Å². The standard InChI is InChI=1S/C21H26N2O/c1-5-13-23-20(6-2)21(24,17-10-8-11-18(22)14-17)19-12-7-9-15(3)16(19)4/h6-14,24H,5,22H2,1-4H3/b20-6-,23-13?. The maximum Gasteiger partial charge on any atom is 0.157 e.